The van der Waals surface area contributed by atoms with Crippen LogP contribution in [-0.4, -0.2) is 23.1 Å². The van der Waals surface area contributed by atoms with Crippen molar-refractivity contribution in [2.75, 3.05) is 7.11 Å². The Bertz CT molecular complexity index is 926. The van der Waals surface area contributed by atoms with Crippen LogP contribution in [0.25, 0.3) is 6.08 Å². The van der Waals surface area contributed by atoms with Crippen LogP contribution < -0.4 is 4.74 Å². The number of allylic oxidation sites excluding steroid dienone is 3. The average Bonchev–Trinajstić information content (AvgIpc) is 2.61. The topological polar surface area (TPSA) is 66.8 Å². The van der Waals surface area contributed by atoms with Crippen LogP contribution in [0.4, 0.5) is 8.78 Å². The lowest BCUT2D eigenvalue weighted by atomic mass is 9.99. The first-order valence-electron chi connectivity index (χ1n) is 8.17. The van der Waals surface area contributed by atoms with Crippen LogP contribution in [0.15, 0.2) is 42.0 Å². The molecule has 0 heterocycles. The first-order chi connectivity index (χ1) is 12.7. The number of rotatable bonds is 6. The number of halogens is 2. The lowest BCUT2D eigenvalue weighted by Gasteiger charge is -2.13. The molecule has 2 N–H and O–H groups in total. The van der Waals surface area contributed by atoms with Gasteiger partial charge in [0.15, 0.2) is 17.4 Å². The van der Waals surface area contributed by atoms with Gasteiger partial charge in [-0.1, -0.05) is 23.8 Å². The number of methoxy groups -OCH3 is 1. The van der Waals surface area contributed by atoms with Gasteiger partial charge in [0, 0.05) is 11.6 Å². The van der Waals surface area contributed by atoms with Crippen LogP contribution in [0.5, 0.6) is 17.2 Å². The summed E-state index contributed by atoms with van der Waals surface area (Å²) in [6.45, 7) is 3.74. The largest absolute Gasteiger partial charge is 0.507 e. The third kappa shape index (κ3) is 4.73. The molecule has 0 atom stereocenters. The van der Waals surface area contributed by atoms with E-state index in [1.807, 2.05) is 13.8 Å². The first kappa shape index (κ1) is 20.2. The van der Waals surface area contributed by atoms with Crippen LogP contribution in [-0.2, 0) is 6.42 Å². The van der Waals surface area contributed by atoms with E-state index in [4.69, 9.17) is 4.74 Å². The van der Waals surface area contributed by atoms with Crippen molar-refractivity contribution in [3.63, 3.8) is 0 Å². The fraction of sp³-hybridized carbons (Fsp3) is 0.190. The highest BCUT2D eigenvalue weighted by Gasteiger charge is 2.21. The van der Waals surface area contributed by atoms with Crippen LogP contribution in [0.1, 0.15) is 35.3 Å². The number of hydrogen-bond acceptors (Lipinski definition) is 4. The summed E-state index contributed by atoms with van der Waals surface area (Å²) in [5, 5.41) is 20.6. The minimum atomic E-state index is -1.03. The van der Waals surface area contributed by atoms with Gasteiger partial charge in [0.2, 0.25) is 0 Å². The fourth-order valence-electron chi connectivity index (χ4n) is 2.45. The quantitative estimate of drug-likeness (QED) is 0.433. The van der Waals surface area contributed by atoms with Crippen LogP contribution in [0, 0.1) is 11.6 Å². The zero-order valence-electron chi connectivity index (χ0n) is 15.2. The monoisotopic (exact) mass is 374 g/mol. The molecule has 0 aliphatic heterocycles. The molecule has 2 rings (SSSR count). The predicted molar refractivity (Wildman–Crippen MR) is 99.2 cm³/mol. The van der Waals surface area contributed by atoms with E-state index in [0.717, 1.165) is 23.8 Å². The van der Waals surface area contributed by atoms with Crippen molar-refractivity contribution in [2.45, 2.75) is 20.3 Å². The molecule has 6 heteroatoms. The van der Waals surface area contributed by atoms with E-state index in [0.29, 0.717) is 0 Å². The number of ketones is 1. The molecule has 0 aliphatic carbocycles. The molecule has 0 saturated carbocycles. The van der Waals surface area contributed by atoms with E-state index in [-0.39, 0.29) is 40.4 Å². The Morgan fingerprint density at radius 2 is 1.85 bits per heavy atom. The van der Waals surface area contributed by atoms with Crippen molar-refractivity contribution in [1.82, 2.24) is 0 Å². The zero-order valence-corrected chi connectivity index (χ0v) is 15.2. The molecule has 2 aromatic carbocycles. The summed E-state index contributed by atoms with van der Waals surface area (Å²) in [7, 11) is 1.31. The molecule has 27 heavy (non-hydrogen) atoms. The minimum absolute atomic E-state index is 0.00545. The highest BCUT2D eigenvalue weighted by Crippen LogP contribution is 2.39. The molecule has 0 fully saturated rings. The zero-order chi connectivity index (χ0) is 20.1. The van der Waals surface area contributed by atoms with Gasteiger partial charge in [0.05, 0.1) is 7.11 Å². The Morgan fingerprint density at radius 3 is 2.44 bits per heavy atom. The molecule has 0 aliphatic rings. The van der Waals surface area contributed by atoms with Crippen molar-refractivity contribution in [2.24, 2.45) is 0 Å². The maximum atomic E-state index is 13.3. The normalized spacial score (nSPS) is 10.9. The van der Waals surface area contributed by atoms with Gasteiger partial charge in [0.25, 0.3) is 0 Å². The second kappa shape index (κ2) is 8.49. The number of phenolic OH excluding ortho intramolecular Hbond substituents is 2. The summed E-state index contributed by atoms with van der Waals surface area (Å²) in [6.07, 6.45) is 4.45. The maximum absolute atomic E-state index is 13.3. The molecule has 0 aromatic heterocycles. The van der Waals surface area contributed by atoms with Gasteiger partial charge in [-0.15, -0.1) is 0 Å². The van der Waals surface area contributed by atoms with E-state index >= 15 is 0 Å². The summed E-state index contributed by atoms with van der Waals surface area (Å²) in [4.78, 5) is 12.6. The molecule has 4 nitrogen and oxygen atoms in total. The SMILES string of the molecule is COc1cc(O)c(CC=C(C)C)c(O)c1C(=O)C=Cc1ccc(F)c(F)c1. The van der Waals surface area contributed by atoms with E-state index in [1.165, 1.54) is 25.3 Å². The molecular weight excluding hydrogens is 354 g/mol. The minimum Gasteiger partial charge on any atom is -0.507 e. The van der Waals surface area contributed by atoms with Gasteiger partial charge >= 0.3 is 0 Å². The first-order valence-corrected chi connectivity index (χ1v) is 8.17. The highest BCUT2D eigenvalue weighted by molar-refractivity contribution is 6.11. The Kier molecular flexibility index (Phi) is 6.34. The Balaban J connectivity index is 2.44. The second-order valence-electron chi connectivity index (χ2n) is 6.16. The molecule has 2 aromatic rings. The van der Waals surface area contributed by atoms with Crippen molar-refractivity contribution in [3.05, 3.63) is 70.3 Å². The van der Waals surface area contributed by atoms with E-state index in [1.54, 1.807) is 6.08 Å². The standard InChI is InChI=1S/C21H20F2O4/c1-12(2)4-7-14-18(25)11-19(27-3)20(21(14)26)17(24)9-6-13-5-8-15(22)16(23)10-13/h4-6,8-11,25-26H,7H2,1-3H3. The van der Waals surface area contributed by atoms with Crippen molar-refractivity contribution in [1.29, 1.82) is 0 Å². The van der Waals surface area contributed by atoms with E-state index in [2.05, 4.69) is 0 Å². The molecule has 142 valence electrons. The molecule has 0 spiro atoms. The number of phenols is 2. The van der Waals surface area contributed by atoms with Crippen molar-refractivity contribution in [3.8, 4) is 17.2 Å². The summed E-state index contributed by atoms with van der Waals surface area (Å²) in [5.41, 5.74) is 1.34. The summed E-state index contributed by atoms with van der Waals surface area (Å²) >= 11 is 0. The van der Waals surface area contributed by atoms with Crippen LogP contribution in [0.2, 0.25) is 0 Å². The van der Waals surface area contributed by atoms with Gasteiger partial charge in [-0.2, -0.15) is 0 Å². The number of benzene rings is 2. The Morgan fingerprint density at radius 1 is 1.15 bits per heavy atom. The Labute approximate surface area is 156 Å². The van der Waals surface area contributed by atoms with Crippen molar-refractivity contribution < 1.29 is 28.5 Å². The third-order valence-electron chi connectivity index (χ3n) is 3.90. The average molecular weight is 374 g/mol. The van der Waals surface area contributed by atoms with Gasteiger partial charge in [-0.3, -0.25) is 4.79 Å². The second-order valence-corrected chi connectivity index (χ2v) is 6.16. The van der Waals surface area contributed by atoms with E-state index < -0.39 is 17.4 Å². The maximum Gasteiger partial charge on any atom is 0.193 e. The number of ether oxygens (including phenoxy) is 1. The number of carbonyl (C=O) groups excluding carboxylic acids is 1. The lowest BCUT2D eigenvalue weighted by Crippen LogP contribution is -2.02. The van der Waals surface area contributed by atoms with Gasteiger partial charge < -0.3 is 14.9 Å². The smallest absolute Gasteiger partial charge is 0.193 e. The van der Waals surface area contributed by atoms with Crippen LogP contribution >= 0.6 is 0 Å². The van der Waals surface area contributed by atoms with E-state index in [9.17, 15) is 23.8 Å². The lowest BCUT2D eigenvalue weighted by molar-refractivity contribution is 0.104. The van der Waals surface area contributed by atoms with Gasteiger partial charge in [0.1, 0.15) is 22.8 Å². The number of carbonyl (C=O) groups is 1. The number of hydrogen-bond donors (Lipinski definition) is 2. The molecule has 0 radical (unpaired) electrons. The summed E-state index contributed by atoms with van der Waals surface area (Å²) in [5.74, 6) is -3.19. The predicted octanol–water partition coefficient (Wildman–Crippen LogP) is 4.79. The molecule has 0 bridgehead atoms. The number of aromatic hydroxyl groups is 2. The highest BCUT2D eigenvalue weighted by atomic mass is 19.2. The summed E-state index contributed by atoms with van der Waals surface area (Å²) in [6, 6.07) is 4.48. The summed E-state index contributed by atoms with van der Waals surface area (Å²) < 4.78 is 31.3. The van der Waals surface area contributed by atoms with Crippen LogP contribution in [0.3, 0.4) is 0 Å². The molecule has 0 unspecified atom stereocenters. The van der Waals surface area contributed by atoms with Gasteiger partial charge in [-0.25, -0.2) is 8.78 Å². The molecule has 0 amide bonds. The molecule has 0 saturated heterocycles. The molecular formula is C21H20F2O4. The van der Waals surface area contributed by atoms with Gasteiger partial charge in [-0.05, 0) is 44.0 Å². The third-order valence-corrected chi connectivity index (χ3v) is 3.90. The van der Waals surface area contributed by atoms with Crippen molar-refractivity contribution >= 4 is 11.9 Å². The fourth-order valence-corrected chi connectivity index (χ4v) is 2.45. The Hall–Kier alpha value is -3.15.